The summed E-state index contributed by atoms with van der Waals surface area (Å²) in [5.74, 6) is -2.23. The van der Waals surface area contributed by atoms with E-state index in [1.54, 1.807) is 21.6 Å². The molecule has 2 N–H and O–H groups in total. The lowest BCUT2D eigenvalue weighted by Crippen LogP contribution is -2.48. The van der Waals surface area contributed by atoms with Gasteiger partial charge < -0.3 is 29.9 Å². The molecule has 4 aliphatic rings. The van der Waals surface area contributed by atoms with Crippen LogP contribution in [0, 0.1) is 23.0 Å². The Hall–Kier alpha value is -4.60. The zero-order valence-electron chi connectivity index (χ0n) is 29.9. The number of carbonyl (C=O) groups is 1. The number of alkyl halides is 4. The van der Waals surface area contributed by atoms with Crippen LogP contribution in [0.5, 0.6) is 6.01 Å². The number of hydrogen-bond donors (Lipinski definition) is 1. The third-order valence-electron chi connectivity index (χ3n) is 11.4. The highest BCUT2D eigenvalue weighted by Gasteiger charge is 2.49. The maximum atomic E-state index is 17.3. The number of thiophene rings is 1. The van der Waals surface area contributed by atoms with Gasteiger partial charge in [-0.3, -0.25) is 4.90 Å². The van der Waals surface area contributed by atoms with E-state index in [2.05, 4.69) is 9.97 Å². The Morgan fingerprint density at radius 1 is 1.16 bits per heavy atom. The van der Waals surface area contributed by atoms with Crippen LogP contribution in [0.3, 0.4) is 0 Å². The van der Waals surface area contributed by atoms with E-state index in [1.165, 1.54) is 0 Å². The Labute approximate surface area is 316 Å². The van der Waals surface area contributed by atoms with Gasteiger partial charge in [-0.15, -0.1) is 11.3 Å². The number of fused-ring (bicyclic) bond motifs is 3. The predicted octanol–water partition coefficient (Wildman–Crippen LogP) is 6.57. The number of nitrogens with zero attached hydrogens (tertiary/aromatic N) is 7. The van der Waals surface area contributed by atoms with E-state index < -0.39 is 52.2 Å². The maximum absolute atomic E-state index is 17.3. The van der Waals surface area contributed by atoms with Crippen molar-refractivity contribution < 1.29 is 40.6 Å². The number of nitrogen functional groups attached to an aromatic ring is 1. The summed E-state index contributed by atoms with van der Waals surface area (Å²) in [6, 6.07) is 3.63. The van der Waals surface area contributed by atoms with Gasteiger partial charge in [0.05, 0.1) is 34.6 Å². The quantitative estimate of drug-likeness (QED) is 0.207. The number of nitriles is 1. The van der Waals surface area contributed by atoms with Gasteiger partial charge in [0, 0.05) is 68.1 Å². The fraction of sp³-hybridized carbons (Fsp3) is 0.514. The molecule has 0 spiro atoms. The molecule has 292 valence electrons. The summed E-state index contributed by atoms with van der Waals surface area (Å²) in [5.41, 5.74) is 1.90. The summed E-state index contributed by atoms with van der Waals surface area (Å²) in [4.78, 5) is 29.5. The summed E-state index contributed by atoms with van der Waals surface area (Å²) in [5, 5.41) is 9.27. The molecule has 6 heterocycles. The van der Waals surface area contributed by atoms with Gasteiger partial charge in [0.15, 0.2) is 5.82 Å². The van der Waals surface area contributed by atoms with Crippen LogP contribution in [0.2, 0.25) is 0 Å². The summed E-state index contributed by atoms with van der Waals surface area (Å²) >= 11 is 0.681. The first-order valence-electron chi connectivity index (χ1n) is 18.3. The molecule has 0 saturated carbocycles. The highest BCUT2D eigenvalue weighted by molar-refractivity contribution is 7.23. The highest BCUT2D eigenvalue weighted by atomic mass is 32.1. The number of aromatic nitrogens is 2. The lowest BCUT2D eigenvalue weighted by atomic mass is 9.92. The van der Waals surface area contributed by atoms with Crippen LogP contribution >= 0.6 is 11.3 Å². The van der Waals surface area contributed by atoms with Crippen LogP contribution in [-0.2, 0) is 10.9 Å². The summed E-state index contributed by atoms with van der Waals surface area (Å²) in [6.07, 6.45) is -4.03. The molecule has 0 radical (unpaired) electrons. The first kappa shape index (κ1) is 37.3. The Morgan fingerprint density at radius 3 is 2.67 bits per heavy atom. The summed E-state index contributed by atoms with van der Waals surface area (Å²) in [7, 11) is 0. The van der Waals surface area contributed by atoms with Crippen LogP contribution in [-0.4, -0.2) is 114 Å². The van der Waals surface area contributed by atoms with Gasteiger partial charge in [-0.25, -0.2) is 18.0 Å². The van der Waals surface area contributed by atoms with Crippen molar-refractivity contribution in [3.63, 3.8) is 0 Å². The van der Waals surface area contributed by atoms with Crippen LogP contribution in [0.15, 0.2) is 18.2 Å². The second kappa shape index (κ2) is 14.2. The van der Waals surface area contributed by atoms with Crippen molar-refractivity contribution in [2.45, 2.75) is 56.5 Å². The molecular formula is C37H38F6N8O3S. The van der Waals surface area contributed by atoms with Crippen LogP contribution in [0.25, 0.3) is 32.1 Å². The number of urea groups is 1. The zero-order chi connectivity index (χ0) is 38.8. The number of nitrogens with two attached hydrogens (primary N) is 1. The Balaban J connectivity index is 1.28. The first-order valence-corrected chi connectivity index (χ1v) is 19.1. The lowest BCUT2D eigenvalue weighted by molar-refractivity contribution is -0.137. The van der Waals surface area contributed by atoms with Crippen molar-refractivity contribution in [2.24, 2.45) is 0 Å². The van der Waals surface area contributed by atoms with Crippen LogP contribution in [0.4, 0.5) is 42.0 Å². The average Bonchev–Trinajstić information content (AvgIpc) is 3.94. The van der Waals surface area contributed by atoms with E-state index >= 15 is 22.0 Å². The van der Waals surface area contributed by atoms with Gasteiger partial charge >= 0.3 is 18.2 Å². The number of halogens is 6. The fourth-order valence-electron chi connectivity index (χ4n) is 8.82. The molecule has 2 aromatic carbocycles. The molecule has 11 nitrogen and oxygen atoms in total. The second-order valence-electron chi connectivity index (χ2n) is 14.5. The Kier molecular flexibility index (Phi) is 9.61. The number of amides is 2. The number of likely N-dealkylation sites (tertiary alicyclic amines) is 1. The van der Waals surface area contributed by atoms with Gasteiger partial charge in [0.2, 0.25) is 0 Å². The normalized spacial score (nSPS) is 23.2. The van der Waals surface area contributed by atoms with E-state index in [0.717, 1.165) is 24.6 Å². The van der Waals surface area contributed by atoms with Crippen LogP contribution < -0.4 is 15.4 Å². The Morgan fingerprint density at radius 2 is 1.95 bits per heavy atom. The molecule has 2 amide bonds. The average molecular weight is 789 g/mol. The van der Waals surface area contributed by atoms with Crippen molar-refractivity contribution in [1.82, 2.24) is 24.7 Å². The van der Waals surface area contributed by atoms with Crippen molar-refractivity contribution in [3.05, 3.63) is 41.0 Å². The van der Waals surface area contributed by atoms with E-state index in [4.69, 9.17) is 15.2 Å². The summed E-state index contributed by atoms with van der Waals surface area (Å²) < 4.78 is 104. The lowest BCUT2D eigenvalue weighted by Gasteiger charge is -2.33. The highest BCUT2D eigenvalue weighted by Crippen LogP contribution is 2.48. The minimum absolute atomic E-state index is 0.0246. The van der Waals surface area contributed by atoms with Gasteiger partial charge in [0.25, 0.3) is 0 Å². The van der Waals surface area contributed by atoms with E-state index in [0.29, 0.717) is 63.6 Å². The number of benzene rings is 2. The smallest absolute Gasteiger partial charge is 0.417 e. The molecule has 4 aliphatic heterocycles. The molecule has 4 aromatic rings. The second-order valence-corrected chi connectivity index (χ2v) is 15.6. The molecule has 2 aromatic heterocycles. The monoisotopic (exact) mass is 788 g/mol. The molecular weight excluding hydrogens is 751 g/mol. The van der Waals surface area contributed by atoms with E-state index in [1.807, 2.05) is 11.0 Å². The third-order valence-corrected chi connectivity index (χ3v) is 12.4. The first-order chi connectivity index (χ1) is 26.3. The van der Waals surface area contributed by atoms with Crippen molar-refractivity contribution >= 4 is 49.2 Å². The van der Waals surface area contributed by atoms with Gasteiger partial charge in [-0.05, 0) is 50.4 Å². The number of likely N-dealkylation sites (N-methyl/N-ethyl adjacent to an activating group) is 1. The minimum Gasteiger partial charge on any atom is -0.461 e. The van der Waals surface area contributed by atoms with Crippen molar-refractivity contribution in [2.75, 3.05) is 76.3 Å². The number of morpholine rings is 1. The molecule has 55 heavy (non-hydrogen) atoms. The largest absolute Gasteiger partial charge is 0.461 e. The molecule has 0 bridgehead atoms. The number of rotatable bonds is 7. The Bertz CT molecular complexity index is 2210. The van der Waals surface area contributed by atoms with Crippen molar-refractivity contribution in [1.29, 1.82) is 5.26 Å². The maximum Gasteiger partial charge on any atom is 0.417 e. The van der Waals surface area contributed by atoms with Gasteiger partial charge in [0.1, 0.15) is 41.0 Å². The van der Waals surface area contributed by atoms with Gasteiger partial charge in [-0.1, -0.05) is 6.07 Å². The minimum atomic E-state index is -5.13. The zero-order valence-corrected chi connectivity index (χ0v) is 30.7. The SMILES string of the molecule is CCN(c1nc(OCC23CCCN2CC(F)C3)nc2c(F)c(-c3ccc(F)c4sc(N)c(C#N)c34)c(C(F)(F)F)cc12)C1CCN(C(=O)N2CCOCC2)C1. The molecule has 8 rings (SSSR count). The van der Waals surface area contributed by atoms with E-state index in [9.17, 15) is 14.4 Å². The fourth-order valence-corrected chi connectivity index (χ4v) is 9.77. The number of carbonyl (C=O) groups excluding carboxylic acids is 1. The molecule has 4 saturated heterocycles. The molecule has 18 heteroatoms. The predicted molar refractivity (Wildman–Crippen MR) is 194 cm³/mol. The molecule has 3 unspecified atom stereocenters. The topological polar surface area (TPSA) is 124 Å². The summed E-state index contributed by atoms with van der Waals surface area (Å²) in [6.45, 7) is 5.24. The number of anilines is 2. The van der Waals surface area contributed by atoms with Gasteiger partial charge in [-0.2, -0.15) is 28.4 Å². The third kappa shape index (κ3) is 6.43. The number of ether oxygens (including phenoxy) is 2. The molecule has 3 atom stereocenters. The molecule has 0 aliphatic carbocycles. The van der Waals surface area contributed by atoms with E-state index in [-0.39, 0.29) is 82.1 Å². The molecule has 4 fully saturated rings. The van der Waals surface area contributed by atoms with Crippen molar-refractivity contribution in [3.8, 4) is 23.2 Å². The van der Waals surface area contributed by atoms with Crippen LogP contribution in [0.1, 0.15) is 43.7 Å². The number of hydrogen-bond acceptors (Lipinski definition) is 10. The standard InChI is InChI=1S/C37H38F6N8O3S/c1-2-51(21-6-9-49(18-21)35(52)48-10-12-53-13-11-48)33-23-14-25(37(41,42)43)28(22-4-5-26(39)31-27(22)24(16-44)32(45)55-31)29(40)30(23)46-34(47-33)54-19-36-7-3-8-50(36)17-20(38)15-36/h4-5,14,20-21H,2-3,6-13,15,17-19,45H2,1H3.